The Kier molecular flexibility index (Phi) is 4.80. The molecule has 0 radical (unpaired) electrons. The van der Waals surface area contributed by atoms with E-state index in [1.807, 2.05) is 31.2 Å². The van der Waals surface area contributed by atoms with Crippen LogP contribution in [0.4, 0.5) is 11.4 Å². The van der Waals surface area contributed by atoms with Gasteiger partial charge in [0.2, 0.25) is 0 Å². The van der Waals surface area contributed by atoms with Crippen LogP contribution in [0.2, 0.25) is 0 Å². The van der Waals surface area contributed by atoms with Crippen LogP contribution in [-0.4, -0.2) is 12.0 Å². The highest BCUT2D eigenvalue weighted by molar-refractivity contribution is 9.10. The molecule has 110 valence electrons. The number of rotatable bonds is 5. The molecule has 0 aliphatic heterocycles. The quantitative estimate of drug-likeness (QED) is 0.635. The van der Waals surface area contributed by atoms with Crippen molar-refractivity contribution in [3.63, 3.8) is 0 Å². The summed E-state index contributed by atoms with van der Waals surface area (Å²) in [5.41, 5.74) is 1.83. The Balaban J connectivity index is 2.19. The number of nitro benzene ring substituents is 1. The highest BCUT2D eigenvalue weighted by Gasteiger charge is 2.11. The molecule has 0 bridgehead atoms. The summed E-state index contributed by atoms with van der Waals surface area (Å²) >= 11 is 3.40. The van der Waals surface area contributed by atoms with Crippen LogP contribution < -0.4 is 10.1 Å². The van der Waals surface area contributed by atoms with E-state index >= 15 is 0 Å². The zero-order valence-electron chi connectivity index (χ0n) is 11.7. The van der Waals surface area contributed by atoms with Crippen molar-refractivity contribution in [3.8, 4) is 5.75 Å². The molecule has 0 saturated heterocycles. The second-order valence-electron chi connectivity index (χ2n) is 4.57. The first-order chi connectivity index (χ1) is 10.0. The van der Waals surface area contributed by atoms with Crippen molar-refractivity contribution in [2.45, 2.75) is 13.0 Å². The molecular formula is C15H15BrN2O3. The van der Waals surface area contributed by atoms with Gasteiger partial charge >= 0.3 is 0 Å². The Morgan fingerprint density at radius 3 is 2.71 bits per heavy atom. The summed E-state index contributed by atoms with van der Waals surface area (Å²) in [6.07, 6.45) is 0. The zero-order chi connectivity index (χ0) is 15.4. The van der Waals surface area contributed by atoms with E-state index in [9.17, 15) is 10.1 Å². The molecule has 0 amide bonds. The number of nitrogens with one attached hydrogen (secondary N) is 1. The fraction of sp³-hybridized carbons (Fsp3) is 0.200. The Morgan fingerprint density at radius 1 is 1.29 bits per heavy atom. The molecule has 2 rings (SSSR count). The predicted octanol–water partition coefficient (Wildman–Crippen LogP) is 4.54. The number of halogens is 1. The van der Waals surface area contributed by atoms with E-state index in [0.717, 1.165) is 21.5 Å². The van der Waals surface area contributed by atoms with Gasteiger partial charge in [0.05, 0.1) is 16.5 Å². The third-order valence-corrected chi connectivity index (χ3v) is 3.77. The van der Waals surface area contributed by atoms with Crippen LogP contribution in [0.15, 0.2) is 46.9 Å². The monoisotopic (exact) mass is 350 g/mol. The van der Waals surface area contributed by atoms with Gasteiger partial charge in [-0.2, -0.15) is 0 Å². The van der Waals surface area contributed by atoms with Crippen molar-refractivity contribution in [3.05, 3.63) is 62.6 Å². The second kappa shape index (κ2) is 6.58. The van der Waals surface area contributed by atoms with E-state index in [4.69, 9.17) is 4.74 Å². The average Bonchev–Trinajstić information content (AvgIpc) is 2.49. The molecule has 1 N–H and O–H groups in total. The number of ether oxygens (including phenoxy) is 1. The molecule has 1 unspecified atom stereocenters. The van der Waals surface area contributed by atoms with E-state index in [1.54, 1.807) is 19.2 Å². The molecule has 0 heterocycles. The van der Waals surface area contributed by atoms with Gasteiger partial charge < -0.3 is 10.1 Å². The molecule has 2 aromatic carbocycles. The highest BCUT2D eigenvalue weighted by Crippen LogP contribution is 2.30. The van der Waals surface area contributed by atoms with Crippen molar-refractivity contribution < 1.29 is 9.66 Å². The average molecular weight is 351 g/mol. The zero-order valence-corrected chi connectivity index (χ0v) is 13.3. The number of non-ortho nitro benzene ring substituents is 1. The largest absolute Gasteiger partial charge is 0.495 e. The van der Waals surface area contributed by atoms with Gasteiger partial charge in [0.15, 0.2) is 0 Å². The third-order valence-electron chi connectivity index (χ3n) is 3.12. The molecule has 0 spiro atoms. The number of nitrogens with zero attached hydrogens (tertiary/aromatic N) is 1. The molecular weight excluding hydrogens is 336 g/mol. The lowest BCUT2D eigenvalue weighted by Crippen LogP contribution is -2.07. The minimum Gasteiger partial charge on any atom is -0.495 e. The van der Waals surface area contributed by atoms with Crippen molar-refractivity contribution in [2.75, 3.05) is 12.4 Å². The molecule has 0 aliphatic rings. The van der Waals surface area contributed by atoms with Gasteiger partial charge in [0, 0.05) is 29.9 Å². The molecule has 1 atom stereocenters. The maximum atomic E-state index is 10.8. The first-order valence-electron chi connectivity index (χ1n) is 6.35. The van der Waals surface area contributed by atoms with Gasteiger partial charge in [0.25, 0.3) is 5.69 Å². The summed E-state index contributed by atoms with van der Waals surface area (Å²) in [5.74, 6) is 0.728. The fourth-order valence-corrected chi connectivity index (χ4v) is 2.40. The number of hydrogen-bond acceptors (Lipinski definition) is 4. The molecule has 5 nitrogen and oxygen atoms in total. The molecule has 0 aliphatic carbocycles. The number of benzene rings is 2. The first kappa shape index (κ1) is 15.3. The van der Waals surface area contributed by atoms with E-state index in [0.29, 0.717) is 0 Å². The number of hydrogen-bond donors (Lipinski definition) is 1. The molecule has 0 saturated carbocycles. The summed E-state index contributed by atoms with van der Waals surface area (Å²) < 4.78 is 6.12. The van der Waals surface area contributed by atoms with E-state index in [1.165, 1.54) is 6.07 Å². The van der Waals surface area contributed by atoms with Crippen LogP contribution in [0.25, 0.3) is 0 Å². The van der Waals surface area contributed by atoms with Gasteiger partial charge in [-0.25, -0.2) is 0 Å². The Labute approximate surface area is 131 Å². The van der Waals surface area contributed by atoms with Gasteiger partial charge in [-0.15, -0.1) is 0 Å². The van der Waals surface area contributed by atoms with Crippen LogP contribution in [0, 0.1) is 10.1 Å². The Bertz CT molecular complexity index is 661. The van der Waals surface area contributed by atoms with Crippen molar-refractivity contribution in [1.29, 1.82) is 0 Å². The number of methoxy groups -OCH3 is 1. The summed E-state index contributed by atoms with van der Waals surface area (Å²) in [4.78, 5) is 10.4. The smallest absolute Gasteiger partial charge is 0.269 e. The van der Waals surface area contributed by atoms with Crippen LogP contribution in [0.1, 0.15) is 18.5 Å². The SMILES string of the molecule is COc1cc(NC(C)c2cccc([N+](=O)[O-])c2)ccc1Br. The standard InChI is InChI=1S/C15H15BrN2O3/c1-10(11-4-3-5-13(8-11)18(19)20)17-12-6-7-14(16)15(9-12)21-2/h3-10,17H,1-2H3. The van der Waals surface area contributed by atoms with Crippen LogP contribution in [0.5, 0.6) is 5.75 Å². The first-order valence-corrected chi connectivity index (χ1v) is 7.15. The predicted molar refractivity (Wildman–Crippen MR) is 85.8 cm³/mol. The lowest BCUT2D eigenvalue weighted by atomic mass is 10.1. The van der Waals surface area contributed by atoms with Crippen molar-refractivity contribution in [2.24, 2.45) is 0 Å². The Hall–Kier alpha value is -2.08. The maximum absolute atomic E-state index is 10.8. The summed E-state index contributed by atoms with van der Waals surface area (Å²) in [6, 6.07) is 12.2. The summed E-state index contributed by atoms with van der Waals surface area (Å²) in [5, 5.41) is 14.1. The number of anilines is 1. The lowest BCUT2D eigenvalue weighted by Gasteiger charge is -2.16. The fourth-order valence-electron chi connectivity index (χ4n) is 1.99. The summed E-state index contributed by atoms with van der Waals surface area (Å²) in [7, 11) is 1.61. The van der Waals surface area contributed by atoms with Crippen LogP contribution in [-0.2, 0) is 0 Å². The Morgan fingerprint density at radius 2 is 2.05 bits per heavy atom. The summed E-state index contributed by atoms with van der Waals surface area (Å²) in [6.45, 7) is 1.95. The van der Waals surface area contributed by atoms with E-state index in [2.05, 4.69) is 21.2 Å². The van der Waals surface area contributed by atoms with Crippen LogP contribution in [0.3, 0.4) is 0 Å². The maximum Gasteiger partial charge on any atom is 0.269 e. The molecule has 0 aromatic heterocycles. The van der Waals surface area contributed by atoms with E-state index in [-0.39, 0.29) is 11.7 Å². The van der Waals surface area contributed by atoms with Gasteiger partial charge in [-0.05, 0) is 40.5 Å². The van der Waals surface area contributed by atoms with Crippen molar-refractivity contribution >= 4 is 27.3 Å². The molecule has 21 heavy (non-hydrogen) atoms. The van der Waals surface area contributed by atoms with Crippen LogP contribution >= 0.6 is 15.9 Å². The van der Waals surface area contributed by atoms with E-state index < -0.39 is 4.92 Å². The minimum atomic E-state index is -0.390. The van der Waals surface area contributed by atoms with Gasteiger partial charge in [-0.1, -0.05) is 12.1 Å². The van der Waals surface area contributed by atoms with Gasteiger partial charge in [-0.3, -0.25) is 10.1 Å². The minimum absolute atomic E-state index is 0.0595. The van der Waals surface area contributed by atoms with Gasteiger partial charge in [0.1, 0.15) is 5.75 Å². The molecule has 6 heteroatoms. The third kappa shape index (κ3) is 3.72. The highest BCUT2D eigenvalue weighted by atomic mass is 79.9. The second-order valence-corrected chi connectivity index (χ2v) is 5.42. The lowest BCUT2D eigenvalue weighted by molar-refractivity contribution is -0.384. The topological polar surface area (TPSA) is 64.4 Å². The number of nitro groups is 1. The molecule has 0 fully saturated rings. The van der Waals surface area contributed by atoms with Crippen molar-refractivity contribution in [1.82, 2.24) is 0 Å². The molecule has 2 aromatic rings. The normalized spacial score (nSPS) is 11.8.